The van der Waals surface area contributed by atoms with Crippen LogP contribution in [-0.2, 0) is 9.53 Å². The Morgan fingerprint density at radius 2 is 1.91 bits per heavy atom. The monoisotopic (exact) mass is 464 g/mol. The number of esters is 1. The molecule has 2 heterocycles. The maximum atomic E-state index is 13.7. The van der Waals surface area contributed by atoms with Crippen molar-refractivity contribution in [2.45, 2.75) is 34.6 Å². The Hall–Kier alpha value is -3.39. The van der Waals surface area contributed by atoms with E-state index in [0.717, 1.165) is 48.4 Å². The minimum atomic E-state index is -0.611. The maximum absolute atomic E-state index is 13.7. The molecule has 0 unspecified atom stereocenters. The summed E-state index contributed by atoms with van der Waals surface area (Å²) in [5.41, 5.74) is 2.43. The molecule has 8 heteroatoms. The lowest BCUT2D eigenvalue weighted by atomic mass is 9.98. The second-order valence-electron chi connectivity index (χ2n) is 9.38. The van der Waals surface area contributed by atoms with Crippen LogP contribution in [-0.4, -0.2) is 53.2 Å². The number of rotatable bonds is 9. The molecule has 0 amide bonds. The smallest absolute Gasteiger partial charge is 0.314 e. The molecule has 8 nitrogen and oxygen atoms in total. The van der Waals surface area contributed by atoms with Crippen molar-refractivity contribution in [3.8, 4) is 5.75 Å². The predicted octanol–water partition coefficient (Wildman–Crippen LogP) is 4.12. The first-order chi connectivity index (χ1) is 16.2. The summed E-state index contributed by atoms with van der Waals surface area (Å²) in [5.74, 6) is 0.109. The number of carbonyl (C=O) groups is 1. The third-order valence-corrected chi connectivity index (χ3v) is 6.07. The van der Waals surface area contributed by atoms with E-state index in [2.05, 4.69) is 29.0 Å². The van der Waals surface area contributed by atoms with Gasteiger partial charge in [-0.1, -0.05) is 13.8 Å². The number of likely N-dealkylation sites (N-methyl/N-ethyl adjacent to an activating group) is 1. The van der Waals surface area contributed by atoms with Gasteiger partial charge in [-0.25, -0.2) is 4.98 Å². The van der Waals surface area contributed by atoms with Crippen LogP contribution in [0, 0.1) is 5.41 Å². The molecule has 34 heavy (non-hydrogen) atoms. The summed E-state index contributed by atoms with van der Waals surface area (Å²) < 4.78 is 12.8. The SMILES string of the molecule is CCN(CC)CCNc1ccc2ncn3c4ccc(OCOC(=O)C(C)(C)C)cc4c(=O)c1c23. The average Bonchev–Trinajstić information content (AvgIpc) is 3.24. The van der Waals surface area contributed by atoms with Gasteiger partial charge in [-0.2, -0.15) is 0 Å². The molecule has 0 aliphatic heterocycles. The molecule has 0 atom stereocenters. The molecule has 2 aromatic heterocycles. The van der Waals surface area contributed by atoms with Gasteiger partial charge in [-0.05, 0) is 64.2 Å². The number of hydrogen-bond donors (Lipinski definition) is 1. The summed E-state index contributed by atoms with van der Waals surface area (Å²) in [7, 11) is 0. The Morgan fingerprint density at radius 1 is 1.15 bits per heavy atom. The minimum absolute atomic E-state index is 0.0870. The van der Waals surface area contributed by atoms with Gasteiger partial charge in [0.15, 0.2) is 5.43 Å². The average molecular weight is 465 g/mol. The zero-order valence-electron chi connectivity index (χ0n) is 20.5. The van der Waals surface area contributed by atoms with Crippen molar-refractivity contribution in [3.05, 3.63) is 46.9 Å². The van der Waals surface area contributed by atoms with Gasteiger partial charge in [0.25, 0.3) is 0 Å². The van der Waals surface area contributed by atoms with Crippen LogP contribution in [0.1, 0.15) is 34.6 Å². The molecule has 0 fully saturated rings. The molecule has 0 radical (unpaired) electrons. The van der Waals surface area contributed by atoms with E-state index in [4.69, 9.17) is 9.47 Å². The van der Waals surface area contributed by atoms with Gasteiger partial charge in [0.05, 0.1) is 32.7 Å². The van der Waals surface area contributed by atoms with E-state index in [-0.39, 0.29) is 18.2 Å². The molecule has 0 saturated heterocycles. The fourth-order valence-corrected chi connectivity index (χ4v) is 4.05. The number of pyridine rings is 1. The van der Waals surface area contributed by atoms with Gasteiger partial charge in [0, 0.05) is 18.8 Å². The summed E-state index contributed by atoms with van der Waals surface area (Å²) in [6.07, 6.45) is 1.74. The summed E-state index contributed by atoms with van der Waals surface area (Å²) in [5, 5.41) is 4.58. The lowest BCUT2D eigenvalue weighted by molar-refractivity contribution is -0.159. The molecule has 4 aromatic rings. The van der Waals surface area contributed by atoms with Gasteiger partial charge in [0.2, 0.25) is 6.79 Å². The highest BCUT2D eigenvalue weighted by Gasteiger charge is 2.23. The van der Waals surface area contributed by atoms with E-state index in [1.807, 2.05) is 22.6 Å². The first kappa shape index (κ1) is 23.8. The van der Waals surface area contributed by atoms with Gasteiger partial charge in [-0.3, -0.25) is 14.0 Å². The first-order valence-corrected chi connectivity index (χ1v) is 11.7. The van der Waals surface area contributed by atoms with Gasteiger partial charge in [-0.15, -0.1) is 0 Å². The van der Waals surface area contributed by atoms with Crippen LogP contribution < -0.4 is 15.5 Å². The maximum Gasteiger partial charge on any atom is 0.314 e. The number of hydrogen-bond acceptors (Lipinski definition) is 7. The number of carbonyl (C=O) groups excluding carboxylic acids is 1. The van der Waals surface area contributed by atoms with E-state index in [1.54, 1.807) is 39.2 Å². The quantitative estimate of drug-likeness (QED) is 0.227. The number of aromatic nitrogens is 2. The molecular formula is C26H32N4O4. The van der Waals surface area contributed by atoms with Crippen molar-refractivity contribution in [1.29, 1.82) is 0 Å². The molecule has 0 bridgehead atoms. The Labute approximate surface area is 198 Å². The number of imidazole rings is 1. The topological polar surface area (TPSA) is 85.2 Å². The van der Waals surface area contributed by atoms with Gasteiger partial charge < -0.3 is 19.7 Å². The second kappa shape index (κ2) is 9.46. The summed E-state index contributed by atoms with van der Waals surface area (Å²) in [4.78, 5) is 32.5. The number of benzene rings is 2. The van der Waals surface area contributed by atoms with Crippen molar-refractivity contribution in [3.63, 3.8) is 0 Å². The second-order valence-corrected chi connectivity index (χ2v) is 9.38. The summed E-state index contributed by atoms with van der Waals surface area (Å²) in [6, 6.07) is 9.16. The van der Waals surface area contributed by atoms with Crippen LogP contribution in [0.4, 0.5) is 5.69 Å². The van der Waals surface area contributed by atoms with Crippen LogP contribution in [0.5, 0.6) is 5.75 Å². The number of ether oxygens (including phenoxy) is 2. The highest BCUT2D eigenvalue weighted by Crippen LogP contribution is 2.30. The number of nitrogens with one attached hydrogen (secondary N) is 1. The normalized spacial score (nSPS) is 12.2. The highest BCUT2D eigenvalue weighted by atomic mass is 16.7. The molecule has 0 saturated carbocycles. The van der Waals surface area contributed by atoms with Crippen LogP contribution >= 0.6 is 0 Å². The lowest BCUT2D eigenvalue weighted by Gasteiger charge is -2.19. The van der Waals surface area contributed by atoms with E-state index in [0.29, 0.717) is 16.5 Å². The Morgan fingerprint density at radius 3 is 2.62 bits per heavy atom. The number of nitrogens with zero attached hydrogens (tertiary/aromatic N) is 3. The minimum Gasteiger partial charge on any atom is -0.457 e. The van der Waals surface area contributed by atoms with Crippen molar-refractivity contribution in [2.75, 3.05) is 38.3 Å². The van der Waals surface area contributed by atoms with E-state index < -0.39 is 5.41 Å². The first-order valence-electron chi connectivity index (χ1n) is 11.7. The van der Waals surface area contributed by atoms with Crippen LogP contribution in [0.15, 0.2) is 41.5 Å². The Balaban J connectivity index is 1.68. The fraction of sp³-hybridized carbons (Fsp3) is 0.423. The van der Waals surface area contributed by atoms with E-state index in [1.165, 1.54) is 0 Å². The zero-order valence-corrected chi connectivity index (χ0v) is 20.5. The van der Waals surface area contributed by atoms with Crippen molar-refractivity contribution in [2.24, 2.45) is 5.41 Å². The standard InChI is InChI=1S/C26H32N4O4/c1-6-29(7-2)13-12-27-19-9-10-20-23-22(19)24(31)18-14-17(8-11-21(18)30(23)15-28-20)33-16-34-25(32)26(3,4)5/h8-11,14-15,27H,6-7,12-13,16H2,1-5H3. The number of fused-ring (bicyclic) bond motifs is 2. The molecule has 2 aromatic carbocycles. The third kappa shape index (κ3) is 4.50. The highest BCUT2D eigenvalue weighted by molar-refractivity contribution is 6.07. The zero-order chi connectivity index (χ0) is 24.5. The van der Waals surface area contributed by atoms with E-state index >= 15 is 0 Å². The van der Waals surface area contributed by atoms with Crippen molar-refractivity contribution >= 4 is 39.0 Å². The van der Waals surface area contributed by atoms with Crippen molar-refractivity contribution in [1.82, 2.24) is 14.3 Å². The van der Waals surface area contributed by atoms with Crippen LogP contribution in [0.3, 0.4) is 0 Å². The summed E-state index contributed by atoms with van der Waals surface area (Å²) in [6.45, 7) is 13.0. The molecule has 1 N–H and O–H groups in total. The Kier molecular flexibility index (Phi) is 6.61. The fourth-order valence-electron chi connectivity index (χ4n) is 4.05. The molecule has 180 valence electrons. The van der Waals surface area contributed by atoms with Gasteiger partial charge >= 0.3 is 5.97 Å². The summed E-state index contributed by atoms with van der Waals surface area (Å²) >= 11 is 0. The molecular weight excluding hydrogens is 432 g/mol. The molecule has 0 spiro atoms. The largest absolute Gasteiger partial charge is 0.457 e. The van der Waals surface area contributed by atoms with Gasteiger partial charge in [0.1, 0.15) is 12.1 Å². The van der Waals surface area contributed by atoms with Crippen molar-refractivity contribution < 1.29 is 14.3 Å². The lowest BCUT2D eigenvalue weighted by Crippen LogP contribution is -2.28. The molecule has 0 aliphatic rings. The number of anilines is 1. The van der Waals surface area contributed by atoms with Crippen LogP contribution in [0.2, 0.25) is 0 Å². The molecule has 4 rings (SSSR count). The van der Waals surface area contributed by atoms with Crippen LogP contribution in [0.25, 0.3) is 27.3 Å². The third-order valence-electron chi connectivity index (χ3n) is 6.07. The predicted molar refractivity (Wildman–Crippen MR) is 135 cm³/mol. The molecule has 0 aliphatic carbocycles. The Bertz CT molecular complexity index is 1370. The van der Waals surface area contributed by atoms with E-state index in [9.17, 15) is 9.59 Å².